The van der Waals surface area contributed by atoms with Crippen molar-refractivity contribution in [1.29, 1.82) is 0 Å². The van der Waals surface area contributed by atoms with E-state index in [0.29, 0.717) is 11.3 Å². The van der Waals surface area contributed by atoms with Crippen LogP contribution < -0.4 is 15.4 Å². The normalized spacial score (nSPS) is 17.0. The largest absolute Gasteiger partial charge is 0.463 e. The highest BCUT2D eigenvalue weighted by molar-refractivity contribution is 6.33. The minimum atomic E-state index is -2.58. The minimum absolute atomic E-state index is 0.0941. The number of carbonyl (C=O) groups excluding carboxylic acids is 1. The summed E-state index contributed by atoms with van der Waals surface area (Å²) in [6.07, 6.45) is -3.34. The number of ether oxygens (including phenoxy) is 1. The molecule has 0 aliphatic carbocycles. The monoisotopic (exact) mass is 353 g/mol. The van der Waals surface area contributed by atoms with E-state index in [-0.39, 0.29) is 34.7 Å². The second-order valence-corrected chi connectivity index (χ2v) is 5.82. The third-order valence-electron chi connectivity index (χ3n) is 3.69. The molecule has 1 atom stereocenters. The van der Waals surface area contributed by atoms with Crippen molar-refractivity contribution >= 4 is 29.0 Å². The molecule has 24 heavy (non-hydrogen) atoms. The highest BCUT2D eigenvalue weighted by Crippen LogP contribution is 2.37. The van der Waals surface area contributed by atoms with Gasteiger partial charge >= 0.3 is 0 Å². The Bertz CT molecular complexity index is 801. The molecule has 1 aliphatic rings. The molecule has 0 radical (unpaired) electrons. The SMILES string of the molecule is C[C@H]1Oc2nc(N)c(Cl)cc2N(Cc2cccc(C(F)F)c2)C1=O. The van der Waals surface area contributed by atoms with Crippen LogP contribution in [0.3, 0.4) is 0 Å². The number of nitrogens with zero attached hydrogens (tertiary/aromatic N) is 2. The summed E-state index contributed by atoms with van der Waals surface area (Å²) >= 11 is 5.98. The summed E-state index contributed by atoms with van der Waals surface area (Å²) in [5.74, 6) is -0.0294. The predicted octanol–water partition coefficient (Wildman–Crippen LogP) is 3.57. The lowest BCUT2D eigenvalue weighted by Crippen LogP contribution is -2.44. The number of rotatable bonds is 3. The van der Waals surface area contributed by atoms with Crippen LogP contribution >= 0.6 is 11.6 Å². The smallest absolute Gasteiger partial charge is 0.268 e. The van der Waals surface area contributed by atoms with E-state index in [1.807, 2.05) is 0 Å². The molecule has 0 unspecified atom stereocenters. The zero-order chi connectivity index (χ0) is 17.4. The van der Waals surface area contributed by atoms with Crippen molar-refractivity contribution in [3.63, 3.8) is 0 Å². The number of fused-ring (bicyclic) bond motifs is 1. The van der Waals surface area contributed by atoms with Gasteiger partial charge in [-0.05, 0) is 24.6 Å². The van der Waals surface area contributed by atoms with Crippen LogP contribution in [0.5, 0.6) is 5.88 Å². The lowest BCUT2D eigenvalue weighted by atomic mass is 10.1. The summed E-state index contributed by atoms with van der Waals surface area (Å²) in [6.45, 7) is 1.68. The Morgan fingerprint density at radius 2 is 2.17 bits per heavy atom. The molecule has 1 aliphatic heterocycles. The van der Waals surface area contributed by atoms with Crippen LogP contribution in [-0.2, 0) is 11.3 Å². The fourth-order valence-corrected chi connectivity index (χ4v) is 2.63. The van der Waals surface area contributed by atoms with E-state index < -0.39 is 12.5 Å². The summed E-state index contributed by atoms with van der Waals surface area (Å²) in [5, 5.41) is 0.186. The molecule has 0 bridgehead atoms. The zero-order valence-electron chi connectivity index (χ0n) is 12.7. The van der Waals surface area contributed by atoms with Gasteiger partial charge in [0.25, 0.3) is 12.3 Å². The number of anilines is 2. The fourth-order valence-electron chi connectivity index (χ4n) is 2.48. The molecule has 126 valence electrons. The molecule has 1 aromatic heterocycles. The van der Waals surface area contributed by atoms with E-state index in [1.165, 1.54) is 29.2 Å². The van der Waals surface area contributed by atoms with Crippen molar-refractivity contribution in [2.45, 2.75) is 26.0 Å². The zero-order valence-corrected chi connectivity index (χ0v) is 13.4. The van der Waals surface area contributed by atoms with Crippen LogP contribution in [0.2, 0.25) is 5.02 Å². The minimum Gasteiger partial charge on any atom is -0.463 e. The molecule has 2 heterocycles. The van der Waals surface area contributed by atoms with Crippen molar-refractivity contribution in [2.75, 3.05) is 10.6 Å². The van der Waals surface area contributed by atoms with Gasteiger partial charge < -0.3 is 10.5 Å². The van der Waals surface area contributed by atoms with Gasteiger partial charge in [0.1, 0.15) is 11.5 Å². The molecule has 0 fully saturated rings. The van der Waals surface area contributed by atoms with Crippen molar-refractivity contribution in [1.82, 2.24) is 4.98 Å². The molecule has 1 amide bonds. The van der Waals surface area contributed by atoms with Gasteiger partial charge in [-0.25, -0.2) is 8.78 Å². The first-order chi connectivity index (χ1) is 11.4. The fraction of sp³-hybridized carbons (Fsp3) is 0.250. The second-order valence-electron chi connectivity index (χ2n) is 5.41. The number of aromatic nitrogens is 1. The molecule has 2 aromatic rings. The molecular weight excluding hydrogens is 340 g/mol. The number of alkyl halides is 2. The number of nitrogens with two attached hydrogens (primary N) is 1. The Labute approximate surface area is 142 Å². The van der Waals surface area contributed by atoms with Gasteiger partial charge in [0.15, 0.2) is 6.10 Å². The summed E-state index contributed by atoms with van der Waals surface area (Å²) in [4.78, 5) is 17.9. The molecule has 0 saturated carbocycles. The van der Waals surface area contributed by atoms with Crippen LogP contribution in [0.25, 0.3) is 0 Å². The first-order valence-electron chi connectivity index (χ1n) is 7.18. The van der Waals surface area contributed by atoms with Crippen LogP contribution in [0.1, 0.15) is 24.5 Å². The number of benzene rings is 1. The second kappa shape index (κ2) is 6.24. The number of amides is 1. The Hall–Kier alpha value is -2.41. The Kier molecular flexibility index (Phi) is 4.28. The number of pyridine rings is 1. The maximum Gasteiger partial charge on any atom is 0.268 e. The van der Waals surface area contributed by atoms with Gasteiger partial charge in [0.2, 0.25) is 5.88 Å². The van der Waals surface area contributed by atoms with Crippen LogP contribution in [0.4, 0.5) is 20.3 Å². The number of hydrogen-bond acceptors (Lipinski definition) is 4. The standard InChI is InChI=1S/C16H14ClF2N3O2/c1-8-16(23)22(7-9-3-2-4-10(5-9)13(18)19)12-6-11(17)14(20)21-15(12)24-8/h2-6,8,13H,7H2,1H3,(H2,20,21)/t8-/m1/s1. The first-order valence-corrected chi connectivity index (χ1v) is 7.55. The van der Waals surface area contributed by atoms with E-state index in [4.69, 9.17) is 22.1 Å². The maximum atomic E-state index is 12.9. The molecule has 1 aromatic carbocycles. The Morgan fingerprint density at radius 1 is 1.42 bits per heavy atom. The number of hydrogen-bond donors (Lipinski definition) is 1. The molecule has 0 spiro atoms. The van der Waals surface area contributed by atoms with Crippen LogP contribution in [-0.4, -0.2) is 17.0 Å². The summed E-state index contributed by atoms with van der Waals surface area (Å²) in [5.41, 5.74) is 6.49. The lowest BCUT2D eigenvalue weighted by molar-refractivity contribution is -0.125. The van der Waals surface area contributed by atoms with E-state index in [0.717, 1.165) is 0 Å². The summed E-state index contributed by atoms with van der Waals surface area (Å²) < 4.78 is 31.2. The van der Waals surface area contributed by atoms with Crippen molar-refractivity contribution in [2.24, 2.45) is 0 Å². The van der Waals surface area contributed by atoms with E-state index in [1.54, 1.807) is 13.0 Å². The van der Waals surface area contributed by atoms with Gasteiger partial charge in [0.05, 0.1) is 11.6 Å². The van der Waals surface area contributed by atoms with Gasteiger partial charge in [-0.15, -0.1) is 0 Å². The quantitative estimate of drug-likeness (QED) is 0.916. The van der Waals surface area contributed by atoms with Gasteiger partial charge in [-0.2, -0.15) is 4.98 Å². The molecule has 2 N–H and O–H groups in total. The summed E-state index contributed by atoms with van der Waals surface area (Å²) in [7, 11) is 0. The van der Waals surface area contributed by atoms with Crippen LogP contribution in [0.15, 0.2) is 30.3 Å². The highest BCUT2D eigenvalue weighted by Gasteiger charge is 2.33. The van der Waals surface area contributed by atoms with E-state index in [9.17, 15) is 13.6 Å². The number of halogens is 3. The molecule has 8 heteroatoms. The number of carbonyl (C=O) groups is 1. The predicted molar refractivity (Wildman–Crippen MR) is 86.3 cm³/mol. The lowest BCUT2D eigenvalue weighted by Gasteiger charge is -2.32. The van der Waals surface area contributed by atoms with Gasteiger partial charge in [-0.3, -0.25) is 9.69 Å². The van der Waals surface area contributed by atoms with Gasteiger partial charge in [-0.1, -0.05) is 29.8 Å². The Balaban J connectivity index is 1.99. The van der Waals surface area contributed by atoms with Crippen LogP contribution in [0, 0.1) is 0 Å². The Morgan fingerprint density at radius 3 is 2.88 bits per heavy atom. The number of nitrogen functional groups attached to an aromatic ring is 1. The van der Waals surface area contributed by atoms with Crippen molar-refractivity contribution in [3.05, 3.63) is 46.5 Å². The summed E-state index contributed by atoms with van der Waals surface area (Å²) in [6, 6.07) is 7.39. The molecule has 5 nitrogen and oxygen atoms in total. The third kappa shape index (κ3) is 2.99. The highest BCUT2D eigenvalue weighted by atomic mass is 35.5. The van der Waals surface area contributed by atoms with Crippen molar-refractivity contribution < 1.29 is 18.3 Å². The molecule has 0 saturated heterocycles. The average Bonchev–Trinajstić information content (AvgIpc) is 2.54. The average molecular weight is 354 g/mol. The maximum absolute atomic E-state index is 12.9. The first kappa shape index (κ1) is 16.4. The van der Waals surface area contributed by atoms with E-state index in [2.05, 4.69) is 4.98 Å². The molecule has 3 rings (SSSR count). The molecular formula is C16H14ClF2N3O2. The topological polar surface area (TPSA) is 68.5 Å². The van der Waals surface area contributed by atoms with E-state index >= 15 is 0 Å². The third-order valence-corrected chi connectivity index (χ3v) is 3.99. The van der Waals surface area contributed by atoms with Crippen molar-refractivity contribution in [3.8, 4) is 5.88 Å². The van der Waals surface area contributed by atoms with Gasteiger partial charge in [0, 0.05) is 5.56 Å².